The van der Waals surface area contributed by atoms with E-state index >= 15 is 0 Å². The first-order chi connectivity index (χ1) is 15.2. The van der Waals surface area contributed by atoms with E-state index in [-0.39, 0.29) is 35.8 Å². The van der Waals surface area contributed by atoms with Gasteiger partial charge in [0.1, 0.15) is 0 Å². The molecule has 3 heterocycles. The standard InChI is InChI=1S/C23H29N5O2S.HI/c1-2-24-23(27-15-13-26(14-16-27)20-10-7-17-31-20)25-11-5-6-12-28-21(29)18-8-3-4-9-19(18)22(28)30;/h3-4,7-10,17H,2,5-6,11-16H2,1H3,(H,24,25);1H. The monoisotopic (exact) mass is 567 g/mol. The van der Waals surface area contributed by atoms with Gasteiger partial charge in [-0.3, -0.25) is 19.5 Å². The fourth-order valence-corrected chi connectivity index (χ4v) is 4.81. The minimum absolute atomic E-state index is 0. The highest BCUT2D eigenvalue weighted by atomic mass is 127. The number of halogens is 1. The summed E-state index contributed by atoms with van der Waals surface area (Å²) in [6, 6.07) is 11.3. The van der Waals surface area contributed by atoms with Gasteiger partial charge in [0.2, 0.25) is 0 Å². The van der Waals surface area contributed by atoms with Crippen LogP contribution in [0.15, 0.2) is 46.8 Å². The lowest BCUT2D eigenvalue weighted by Gasteiger charge is -2.37. The Labute approximate surface area is 210 Å². The maximum Gasteiger partial charge on any atom is 0.261 e. The number of aliphatic imine (C=N–C) groups is 1. The van der Waals surface area contributed by atoms with E-state index in [4.69, 9.17) is 4.99 Å². The van der Waals surface area contributed by atoms with E-state index in [0.717, 1.165) is 51.5 Å². The number of amides is 2. The topological polar surface area (TPSA) is 68.2 Å². The molecular weight excluding hydrogens is 537 g/mol. The summed E-state index contributed by atoms with van der Waals surface area (Å²) in [5, 5.41) is 6.85. The second kappa shape index (κ2) is 11.6. The molecule has 9 heteroatoms. The van der Waals surface area contributed by atoms with Gasteiger partial charge in [-0.25, -0.2) is 0 Å². The fourth-order valence-electron chi connectivity index (χ4n) is 4.02. The van der Waals surface area contributed by atoms with Crippen LogP contribution in [0.1, 0.15) is 40.5 Å². The summed E-state index contributed by atoms with van der Waals surface area (Å²) in [5.74, 6) is 0.594. The fraction of sp³-hybridized carbons (Fsp3) is 0.435. The molecule has 1 aromatic heterocycles. The predicted molar refractivity (Wildman–Crippen MR) is 141 cm³/mol. The third-order valence-corrected chi connectivity index (χ3v) is 6.59. The normalized spacial score (nSPS) is 16.3. The van der Waals surface area contributed by atoms with Crippen LogP contribution in [0, 0.1) is 0 Å². The number of imide groups is 1. The SMILES string of the molecule is CCNC(=NCCCCN1C(=O)c2ccccc2C1=O)N1CCN(c2cccs2)CC1.I. The number of unbranched alkanes of at least 4 members (excludes halogenated alkanes) is 1. The summed E-state index contributed by atoms with van der Waals surface area (Å²) < 4.78 is 0. The van der Waals surface area contributed by atoms with Crippen LogP contribution in [0.3, 0.4) is 0 Å². The zero-order chi connectivity index (χ0) is 21.6. The van der Waals surface area contributed by atoms with Crippen molar-refractivity contribution in [1.82, 2.24) is 15.1 Å². The maximum atomic E-state index is 12.4. The van der Waals surface area contributed by atoms with Gasteiger partial charge in [-0.1, -0.05) is 12.1 Å². The van der Waals surface area contributed by atoms with Crippen molar-refractivity contribution in [2.45, 2.75) is 19.8 Å². The van der Waals surface area contributed by atoms with Crippen LogP contribution in [0.5, 0.6) is 0 Å². The Morgan fingerprint density at radius 2 is 1.69 bits per heavy atom. The molecule has 2 aliphatic heterocycles. The molecule has 1 N–H and O–H groups in total. The van der Waals surface area contributed by atoms with Gasteiger partial charge in [0.05, 0.1) is 16.1 Å². The largest absolute Gasteiger partial charge is 0.360 e. The highest BCUT2D eigenvalue weighted by Gasteiger charge is 2.34. The number of hydrogen-bond donors (Lipinski definition) is 1. The van der Waals surface area contributed by atoms with Crippen LogP contribution in [-0.4, -0.2) is 73.4 Å². The molecule has 172 valence electrons. The number of piperazine rings is 1. The number of benzene rings is 1. The molecule has 0 saturated carbocycles. The van der Waals surface area contributed by atoms with Crippen LogP contribution >= 0.6 is 35.3 Å². The maximum absolute atomic E-state index is 12.4. The first-order valence-corrected chi connectivity index (χ1v) is 11.8. The van der Waals surface area contributed by atoms with Crippen molar-refractivity contribution in [3.8, 4) is 0 Å². The number of nitrogens with zero attached hydrogens (tertiary/aromatic N) is 4. The van der Waals surface area contributed by atoms with Gasteiger partial charge >= 0.3 is 0 Å². The van der Waals surface area contributed by atoms with E-state index < -0.39 is 0 Å². The number of nitrogens with one attached hydrogen (secondary N) is 1. The molecular formula is C23H30IN5O2S. The molecule has 0 spiro atoms. The number of carbonyl (C=O) groups is 2. The number of fused-ring (bicyclic) bond motifs is 1. The summed E-state index contributed by atoms with van der Waals surface area (Å²) in [6.45, 7) is 7.90. The van der Waals surface area contributed by atoms with E-state index in [2.05, 4.69) is 39.6 Å². The Morgan fingerprint density at radius 3 is 2.28 bits per heavy atom. The van der Waals surface area contributed by atoms with Gasteiger partial charge in [-0.05, 0) is 49.4 Å². The Kier molecular flexibility index (Phi) is 8.92. The van der Waals surface area contributed by atoms with Crippen molar-refractivity contribution >= 4 is 58.1 Å². The highest BCUT2D eigenvalue weighted by molar-refractivity contribution is 14.0. The molecule has 1 saturated heterocycles. The molecule has 2 aromatic rings. The summed E-state index contributed by atoms with van der Waals surface area (Å²) in [7, 11) is 0. The molecule has 4 rings (SSSR count). The van der Waals surface area contributed by atoms with Crippen LogP contribution in [0.25, 0.3) is 0 Å². The van der Waals surface area contributed by atoms with Gasteiger partial charge < -0.3 is 15.1 Å². The van der Waals surface area contributed by atoms with Gasteiger partial charge in [-0.15, -0.1) is 35.3 Å². The number of carbonyl (C=O) groups excluding carboxylic acids is 2. The second-order valence-electron chi connectivity index (χ2n) is 7.68. The molecule has 0 atom stereocenters. The molecule has 1 aromatic carbocycles. The number of hydrogen-bond acceptors (Lipinski definition) is 5. The Balaban J connectivity index is 0.00000289. The number of rotatable bonds is 7. The molecule has 1 fully saturated rings. The second-order valence-corrected chi connectivity index (χ2v) is 8.60. The van der Waals surface area contributed by atoms with Crippen LogP contribution in [-0.2, 0) is 0 Å². The average molecular weight is 567 g/mol. The van der Waals surface area contributed by atoms with Gasteiger partial charge in [0, 0.05) is 45.8 Å². The Bertz CT molecular complexity index is 907. The minimum Gasteiger partial charge on any atom is -0.360 e. The molecule has 0 aliphatic carbocycles. The molecule has 2 amide bonds. The molecule has 2 aliphatic rings. The predicted octanol–water partition coefficient (Wildman–Crippen LogP) is 3.53. The van der Waals surface area contributed by atoms with Crippen LogP contribution < -0.4 is 10.2 Å². The van der Waals surface area contributed by atoms with Gasteiger partial charge in [0.25, 0.3) is 11.8 Å². The molecule has 0 bridgehead atoms. The van der Waals surface area contributed by atoms with Crippen molar-refractivity contribution in [3.63, 3.8) is 0 Å². The summed E-state index contributed by atoms with van der Waals surface area (Å²) >= 11 is 1.79. The van der Waals surface area contributed by atoms with Crippen molar-refractivity contribution in [1.29, 1.82) is 0 Å². The molecule has 0 unspecified atom stereocenters. The zero-order valence-electron chi connectivity index (χ0n) is 18.3. The van der Waals surface area contributed by atoms with E-state index in [1.807, 2.05) is 0 Å². The van der Waals surface area contributed by atoms with E-state index in [0.29, 0.717) is 24.2 Å². The van der Waals surface area contributed by atoms with E-state index in [1.54, 1.807) is 35.6 Å². The lowest BCUT2D eigenvalue weighted by Crippen LogP contribution is -2.52. The van der Waals surface area contributed by atoms with E-state index in [9.17, 15) is 9.59 Å². The Hall–Kier alpha value is -2.14. The van der Waals surface area contributed by atoms with Crippen molar-refractivity contribution < 1.29 is 9.59 Å². The van der Waals surface area contributed by atoms with Gasteiger partial charge in [0.15, 0.2) is 5.96 Å². The number of thiophene rings is 1. The van der Waals surface area contributed by atoms with Crippen molar-refractivity contribution in [3.05, 3.63) is 52.9 Å². The van der Waals surface area contributed by atoms with E-state index in [1.165, 1.54) is 9.90 Å². The van der Waals surface area contributed by atoms with Crippen LogP contribution in [0.4, 0.5) is 5.00 Å². The third kappa shape index (κ3) is 5.43. The smallest absolute Gasteiger partial charge is 0.261 e. The molecule has 7 nitrogen and oxygen atoms in total. The summed E-state index contributed by atoms with van der Waals surface area (Å²) in [6.07, 6.45) is 1.58. The first-order valence-electron chi connectivity index (χ1n) is 11.0. The Morgan fingerprint density at radius 1 is 1.00 bits per heavy atom. The summed E-state index contributed by atoms with van der Waals surface area (Å²) in [5.41, 5.74) is 1.03. The lowest BCUT2D eigenvalue weighted by molar-refractivity contribution is 0.0652. The van der Waals surface area contributed by atoms with Crippen molar-refractivity contribution in [2.24, 2.45) is 4.99 Å². The lowest BCUT2D eigenvalue weighted by atomic mass is 10.1. The van der Waals surface area contributed by atoms with Gasteiger partial charge in [-0.2, -0.15) is 0 Å². The average Bonchev–Trinajstić information content (AvgIpc) is 3.42. The highest BCUT2D eigenvalue weighted by Crippen LogP contribution is 2.23. The summed E-state index contributed by atoms with van der Waals surface area (Å²) in [4.78, 5) is 35.8. The minimum atomic E-state index is -0.180. The number of anilines is 1. The third-order valence-electron chi connectivity index (χ3n) is 5.66. The zero-order valence-corrected chi connectivity index (χ0v) is 21.5. The van der Waals surface area contributed by atoms with Crippen molar-refractivity contribution in [2.75, 3.05) is 50.7 Å². The quantitative estimate of drug-likeness (QED) is 0.182. The first kappa shape index (κ1) is 24.5. The molecule has 32 heavy (non-hydrogen) atoms. The van der Waals surface area contributed by atoms with Crippen LogP contribution in [0.2, 0.25) is 0 Å². The number of guanidine groups is 1. The molecule has 0 radical (unpaired) electrons.